The van der Waals surface area contributed by atoms with Gasteiger partial charge in [-0.3, -0.25) is 4.79 Å². The van der Waals surface area contributed by atoms with Crippen molar-refractivity contribution in [1.29, 1.82) is 0 Å². The van der Waals surface area contributed by atoms with Crippen LogP contribution >= 0.6 is 27.5 Å². The van der Waals surface area contributed by atoms with Crippen molar-refractivity contribution in [3.63, 3.8) is 0 Å². The summed E-state index contributed by atoms with van der Waals surface area (Å²) in [6.07, 6.45) is 0. The van der Waals surface area contributed by atoms with Crippen molar-refractivity contribution >= 4 is 33.3 Å². The van der Waals surface area contributed by atoms with Crippen LogP contribution in [0.15, 0.2) is 53.0 Å². The fourth-order valence-electron chi connectivity index (χ4n) is 1.42. The highest BCUT2D eigenvalue weighted by atomic mass is 79.9. The van der Waals surface area contributed by atoms with E-state index in [0.717, 1.165) is 0 Å². The lowest BCUT2D eigenvalue weighted by molar-refractivity contribution is 0.103. The summed E-state index contributed by atoms with van der Waals surface area (Å²) < 4.78 is 0.717. The zero-order chi connectivity index (χ0) is 11.5. The second kappa shape index (κ2) is 4.81. The summed E-state index contributed by atoms with van der Waals surface area (Å²) in [5.41, 5.74) is 1.29. The summed E-state index contributed by atoms with van der Waals surface area (Å²) in [4.78, 5) is 12.1. The molecule has 0 heterocycles. The van der Waals surface area contributed by atoms with E-state index >= 15 is 0 Å². The zero-order valence-corrected chi connectivity index (χ0v) is 10.6. The maximum atomic E-state index is 12.1. The largest absolute Gasteiger partial charge is 0.289 e. The third-order valence-corrected chi connectivity index (χ3v) is 3.10. The molecule has 80 valence electrons. The van der Waals surface area contributed by atoms with Gasteiger partial charge in [-0.05, 0) is 34.1 Å². The highest BCUT2D eigenvalue weighted by Crippen LogP contribution is 2.23. The SMILES string of the molecule is O=C(c1ccccc1)c1ccc(Cl)cc1Br. The van der Waals surface area contributed by atoms with E-state index in [0.29, 0.717) is 20.6 Å². The van der Waals surface area contributed by atoms with E-state index < -0.39 is 0 Å². The molecule has 0 saturated carbocycles. The number of carbonyl (C=O) groups is 1. The molecule has 0 bridgehead atoms. The molecule has 0 amide bonds. The van der Waals surface area contributed by atoms with E-state index in [-0.39, 0.29) is 5.78 Å². The molecule has 1 nitrogen and oxygen atoms in total. The lowest BCUT2D eigenvalue weighted by Gasteiger charge is -2.04. The standard InChI is InChI=1S/C13H8BrClO/c14-12-8-10(15)6-7-11(12)13(16)9-4-2-1-3-5-9/h1-8H. The second-order valence-electron chi connectivity index (χ2n) is 3.32. The zero-order valence-electron chi connectivity index (χ0n) is 8.28. The van der Waals surface area contributed by atoms with Crippen molar-refractivity contribution in [3.05, 3.63) is 69.2 Å². The molecule has 0 aliphatic carbocycles. The summed E-state index contributed by atoms with van der Waals surface area (Å²) in [7, 11) is 0. The summed E-state index contributed by atoms with van der Waals surface area (Å²) >= 11 is 9.17. The molecule has 0 unspecified atom stereocenters. The molecule has 0 radical (unpaired) electrons. The van der Waals surface area contributed by atoms with E-state index in [9.17, 15) is 4.79 Å². The highest BCUT2D eigenvalue weighted by molar-refractivity contribution is 9.10. The maximum absolute atomic E-state index is 12.1. The van der Waals surface area contributed by atoms with Crippen LogP contribution in [-0.2, 0) is 0 Å². The first-order valence-corrected chi connectivity index (χ1v) is 5.90. The summed E-state index contributed by atoms with van der Waals surface area (Å²) in [5, 5.41) is 0.608. The number of carbonyl (C=O) groups excluding carboxylic acids is 1. The third kappa shape index (κ3) is 2.34. The number of hydrogen-bond acceptors (Lipinski definition) is 1. The molecule has 0 aromatic heterocycles. The van der Waals surface area contributed by atoms with Crippen molar-refractivity contribution in [3.8, 4) is 0 Å². The van der Waals surface area contributed by atoms with Crippen LogP contribution in [0.3, 0.4) is 0 Å². The van der Waals surface area contributed by atoms with Gasteiger partial charge in [0.15, 0.2) is 5.78 Å². The van der Waals surface area contributed by atoms with Crippen LogP contribution in [0.5, 0.6) is 0 Å². The van der Waals surface area contributed by atoms with Crippen LogP contribution in [0.25, 0.3) is 0 Å². The van der Waals surface area contributed by atoms with Gasteiger partial charge >= 0.3 is 0 Å². The fraction of sp³-hybridized carbons (Fsp3) is 0. The molecular formula is C13H8BrClO. The van der Waals surface area contributed by atoms with Crippen molar-refractivity contribution in [2.24, 2.45) is 0 Å². The van der Waals surface area contributed by atoms with Gasteiger partial charge in [-0.15, -0.1) is 0 Å². The normalized spacial score (nSPS) is 10.1. The molecule has 2 aromatic rings. The Morgan fingerprint density at radius 3 is 2.38 bits per heavy atom. The smallest absolute Gasteiger partial charge is 0.194 e. The van der Waals surface area contributed by atoms with Gasteiger partial charge in [-0.1, -0.05) is 41.9 Å². The van der Waals surface area contributed by atoms with Crippen LogP contribution in [0.4, 0.5) is 0 Å². The minimum atomic E-state index is -0.0101. The quantitative estimate of drug-likeness (QED) is 0.754. The lowest BCUT2D eigenvalue weighted by atomic mass is 10.0. The Hall–Kier alpha value is -1.12. The van der Waals surface area contributed by atoms with Gasteiger partial charge in [0.1, 0.15) is 0 Å². The lowest BCUT2D eigenvalue weighted by Crippen LogP contribution is -2.01. The number of rotatable bonds is 2. The van der Waals surface area contributed by atoms with E-state index in [1.54, 1.807) is 30.3 Å². The summed E-state index contributed by atoms with van der Waals surface area (Å²) in [5.74, 6) is -0.0101. The van der Waals surface area contributed by atoms with Crippen molar-refractivity contribution in [2.45, 2.75) is 0 Å². The van der Waals surface area contributed by atoms with Gasteiger partial charge in [-0.2, -0.15) is 0 Å². The fourth-order valence-corrected chi connectivity index (χ4v) is 2.28. The summed E-state index contributed by atoms with van der Waals surface area (Å²) in [6, 6.07) is 14.3. The number of ketones is 1. The van der Waals surface area contributed by atoms with E-state index in [1.165, 1.54) is 0 Å². The molecule has 3 heteroatoms. The number of benzene rings is 2. The van der Waals surface area contributed by atoms with Gasteiger partial charge in [0.05, 0.1) is 0 Å². The van der Waals surface area contributed by atoms with Crippen molar-refractivity contribution in [1.82, 2.24) is 0 Å². The Labute approximate surface area is 107 Å². The first kappa shape index (κ1) is 11.4. The third-order valence-electron chi connectivity index (χ3n) is 2.21. The van der Waals surface area contributed by atoms with Crippen LogP contribution in [0, 0.1) is 0 Å². The molecule has 0 saturated heterocycles. The van der Waals surface area contributed by atoms with Gasteiger partial charge in [-0.25, -0.2) is 0 Å². The van der Waals surface area contributed by atoms with Crippen LogP contribution < -0.4 is 0 Å². The minimum Gasteiger partial charge on any atom is -0.289 e. The minimum absolute atomic E-state index is 0.0101. The van der Waals surface area contributed by atoms with Crippen molar-refractivity contribution < 1.29 is 4.79 Å². The highest BCUT2D eigenvalue weighted by Gasteiger charge is 2.11. The molecule has 0 fully saturated rings. The molecule has 2 aromatic carbocycles. The van der Waals surface area contributed by atoms with E-state index in [2.05, 4.69) is 15.9 Å². The predicted molar refractivity (Wildman–Crippen MR) is 69.0 cm³/mol. The molecule has 0 N–H and O–H groups in total. The number of hydrogen-bond donors (Lipinski definition) is 0. The van der Waals surface area contributed by atoms with Gasteiger partial charge in [0.25, 0.3) is 0 Å². The molecule has 0 aliphatic heterocycles. The van der Waals surface area contributed by atoms with Crippen LogP contribution in [0.2, 0.25) is 5.02 Å². The second-order valence-corrected chi connectivity index (χ2v) is 4.61. The van der Waals surface area contributed by atoms with Crippen LogP contribution in [0.1, 0.15) is 15.9 Å². The molecule has 16 heavy (non-hydrogen) atoms. The van der Waals surface area contributed by atoms with Crippen LogP contribution in [-0.4, -0.2) is 5.78 Å². The van der Waals surface area contributed by atoms with Crippen molar-refractivity contribution in [2.75, 3.05) is 0 Å². The first-order valence-electron chi connectivity index (χ1n) is 4.73. The molecule has 2 rings (SSSR count). The molecule has 0 spiro atoms. The monoisotopic (exact) mass is 294 g/mol. The average molecular weight is 296 g/mol. The molecule has 0 aliphatic rings. The first-order chi connectivity index (χ1) is 7.68. The predicted octanol–water partition coefficient (Wildman–Crippen LogP) is 4.33. The number of halogens is 2. The Balaban J connectivity index is 2.42. The van der Waals surface area contributed by atoms with E-state index in [1.807, 2.05) is 18.2 Å². The van der Waals surface area contributed by atoms with Gasteiger partial charge < -0.3 is 0 Å². The average Bonchev–Trinajstić information content (AvgIpc) is 2.29. The Morgan fingerprint density at radius 2 is 1.75 bits per heavy atom. The molecular weight excluding hydrogens is 287 g/mol. The molecule has 0 atom stereocenters. The topological polar surface area (TPSA) is 17.1 Å². The Morgan fingerprint density at radius 1 is 1.06 bits per heavy atom. The van der Waals surface area contributed by atoms with Gasteiger partial charge in [0.2, 0.25) is 0 Å². The maximum Gasteiger partial charge on any atom is 0.194 e. The Kier molecular flexibility index (Phi) is 3.42. The summed E-state index contributed by atoms with van der Waals surface area (Å²) in [6.45, 7) is 0. The van der Waals surface area contributed by atoms with E-state index in [4.69, 9.17) is 11.6 Å². The van der Waals surface area contributed by atoms with Gasteiger partial charge in [0, 0.05) is 20.6 Å². The Bertz CT molecular complexity index is 523.